The molecule has 9 heteroatoms. The highest BCUT2D eigenvalue weighted by atomic mass is 35.5. The second-order valence-corrected chi connectivity index (χ2v) is 18.1. The molecule has 4 aliphatic rings. The van der Waals surface area contributed by atoms with Crippen molar-refractivity contribution in [1.29, 1.82) is 0 Å². The molecule has 0 spiro atoms. The van der Waals surface area contributed by atoms with E-state index in [1.807, 2.05) is 49.4 Å². The maximum absolute atomic E-state index is 12.6. The third-order valence-electron chi connectivity index (χ3n) is 14.8. The molecule has 1 heterocycles. The van der Waals surface area contributed by atoms with Gasteiger partial charge in [-0.05, 0) is 135 Å². The number of carbonyl (C=O) groups excluding carboxylic acids is 1. The largest absolute Gasteiger partial charge is 0.481 e. The van der Waals surface area contributed by atoms with Gasteiger partial charge in [0.2, 0.25) is 0 Å². The first-order valence-corrected chi connectivity index (χ1v) is 20.2. The fourth-order valence-corrected chi connectivity index (χ4v) is 12.1. The maximum Gasteiger partial charge on any atom is 0.303 e. The fraction of sp³-hybridized carbons (Fsp3) is 0.578. The van der Waals surface area contributed by atoms with Crippen molar-refractivity contribution in [3.8, 4) is 11.8 Å². The van der Waals surface area contributed by atoms with Gasteiger partial charge in [-0.3, -0.25) is 14.6 Å². The summed E-state index contributed by atoms with van der Waals surface area (Å²) in [5.74, 6) is 6.47. The fourth-order valence-electron chi connectivity index (χ4n) is 11.9. The summed E-state index contributed by atoms with van der Waals surface area (Å²) in [5.41, 5.74) is 2.66. The highest BCUT2D eigenvalue weighted by Crippen LogP contribution is 2.69. The number of ketones is 1. The van der Waals surface area contributed by atoms with Gasteiger partial charge in [-0.1, -0.05) is 68.5 Å². The molecular formula is C45H55ClN2O6. The van der Waals surface area contributed by atoms with Crippen molar-refractivity contribution in [2.24, 2.45) is 46.3 Å². The molecule has 0 amide bonds. The first kappa shape index (κ1) is 38.8. The number of hydrogen-bond acceptors (Lipinski definition) is 7. The lowest BCUT2D eigenvalue weighted by Crippen LogP contribution is -2.63. The number of rotatable bonds is 8. The van der Waals surface area contributed by atoms with Crippen molar-refractivity contribution >= 4 is 39.9 Å². The summed E-state index contributed by atoms with van der Waals surface area (Å²) in [7, 11) is 0. The molecule has 5 N–H and O–H groups in total. The molecular weight excluding hydrogens is 700 g/mol. The third kappa shape index (κ3) is 6.74. The Morgan fingerprint density at radius 2 is 1.83 bits per heavy atom. The van der Waals surface area contributed by atoms with Gasteiger partial charge in [-0.2, -0.15) is 0 Å². The summed E-state index contributed by atoms with van der Waals surface area (Å²) in [5, 5.41) is 49.8. The number of anilines is 1. The van der Waals surface area contributed by atoms with Crippen molar-refractivity contribution < 1.29 is 30.0 Å². The zero-order valence-electron chi connectivity index (χ0n) is 32.2. The van der Waals surface area contributed by atoms with Crippen LogP contribution >= 0.6 is 11.6 Å². The van der Waals surface area contributed by atoms with Gasteiger partial charge in [0.25, 0.3) is 0 Å². The monoisotopic (exact) mass is 754 g/mol. The molecule has 0 aliphatic heterocycles. The average Bonchev–Trinajstić information content (AvgIpc) is 3.48. The van der Waals surface area contributed by atoms with Crippen LogP contribution in [0, 0.1) is 65.1 Å². The molecule has 0 bridgehead atoms. The third-order valence-corrected chi connectivity index (χ3v) is 15.1. The van der Waals surface area contributed by atoms with E-state index in [4.69, 9.17) is 11.6 Å². The van der Waals surface area contributed by atoms with Crippen LogP contribution in [0.3, 0.4) is 0 Å². The predicted octanol–water partition coefficient (Wildman–Crippen LogP) is 8.20. The second kappa shape index (κ2) is 14.5. The van der Waals surface area contributed by atoms with Gasteiger partial charge in [0.15, 0.2) is 5.78 Å². The molecule has 5 unspecified atom stereocenters. The maximum atomic E-state index is 12.6. The van der Waals surface area contributed by atoms with E-state index in [0.717, 1.165) is 41.4 Å². The number of halogens is 1. The summed E-state index contributed by atoms with van der Waals surface area (Å²) in [4.78, 5) is 28.6. The molecule has 54 heavy (non-hydrogen) atoms. The van der Waals surface area contributed by atoms with E-state index in [0.29, 0.717) is 60.5 Å². The number of aliphatic carboxylic acids is 1. The topological polar surface area (TPSA) is 140 Å². The summed E-state index contributed by atoms with van der Waals surface area (Å²) >= 11 is 6.79. The second-order valence-electron chi connectivity index (χ2n) is 17.7. The lowest BCUT2D eigenvalue weighted by Gasteiger charge is -2.64. The quantitative estimate of drug-likeness (QED) is 0.115. The van der Waals surface area contributed by atoms with Crippen LogP contribution in [0.4, 0.5) is 5.69 Å². The number of Topliss-reactive ketones (excluding diaryl/α,β-unsaturated/α-hetero) is 1. The first-order valence-electron chi connectivity index (χ1n) is 19.8. The number of benzene rings is 2. The molecule has 4 fully saturated rings. The summed E-state index contributed by atoms with van der Waals surface area (Å²) in [6, 6.07) is 13.4. The number of pyridine rings is 1. The van der Waals surface area contributed by atoms with Crippen LogP contribution in [-0.2, 0) is 11.3 Å². The Kier molecular flexibility index (Phi) is 10.4. The summed E-state index contributed by atoms with van der Waals surface area (Å²) in [6.07, 6.45) is 4.59. The minimum atomic E-state index is -1.20. The normalized spacial score (nSPS) is 34.9. The lowest BCUT2D eigenvalue weighted by atomic mass is 9.42. The Morgan fingerprint density at radius 1 is 1.07 bits per heavy atom. The Balaban J connectivity index is 1.05. The van der Waals surface area contributed by atoms with E-state index in [-0.39, 0.29) is 58.5 Å². The van der Waals surface area contributed by atoms with Crippen LogP contribution in [0.1, 0.15) is 113 Å². The predicted molar refractivity (Wildman–Crippen MR) is 211 cm³/mol. The summed E-state index contributed by atoms with van der Waals surface area (Å²) < 4.78 is 0. The van der Waals surface area contributed by atoms with Crippen molar-refractivity contribution in [3.63, 3.8) is 0 Å². The highest BCUT2D eigenvalue weighted by molar-refractivity contribution is 6.31. The number of carbonyl (C=O) groups is 2. The smallest absolute Gasteiger partial charge is 0.303 e. The van der Waals surface area contributed by atoms with Crippen LogP contribution in [-0.4, -0.2) is 55.0 Å². The Labute approximate surface area is 324 Å². The molecule has 288 valence electrons. The molecule has 1 aromatic heterocycles. The van der Waals surface area contributed by atoms with Crippen molar-refractivity contribution in [2.45, 2.75) is 117 Å². The van der Waals surface area contributed by atoms with Crippen molar-refractivity contribution in [2.75, 3.05) is 5.32 Å². The van der Waals surface area contributed by atoms with Crippen LogP contribution in [0.5, 0.6) is 0 Å². The Morgan fingerprint density at radius 3 is 2.56 bits per heavy atom. The summed E-state index contributed by atoms with van der Waals surface area (Å²) in [6.45, 7) is 10.4. The van der Waals surface area contributed by atoms with Gasteiger partial charge in [0.1, 0.15) is 5.60 Å². The minimum Gasteiger partial charge on any atom is -0.481 e. The number of fused-ring (bicyclic) bond motifs is 6. The van der Waals surface area contributed by atoms with Crippen LogP contribution in [0.2, 0.25) is 5.02 Å². The molecule has 11 atom stereocenters. The van der Waals surface area contributed by atoms with Crippen molar-refractivity contribution in [3.05, 3.63) is 69.9 Å². The van der Waals surface area contributed by atoms with Crippen molar-refractivity contribution in [1.82, 2.24) is 4.98 Å². The number of nitrogens with one attached hydrogen (secondary N) is 1. The number of aliphatic hydroxyl groups excluding tert-OH is 2. The number of hydrogen-bond donors (Lipinski definition) is 5. The van der Waals surface area contributed by atoms with Crippen LogP contribution < -0.4 is 5.32 Å². The van der Waals surface area contributed by atoms with E-state index >= 15 is 0 Å². The zero-order valence-corrected chi connectivity index (χ0v) is 32.9. The Bertz CT molecular complexity index is 2020. The number of carboxylic acids is 1. The number of para-hydroxylation sites is 1. The van der Waals surface area contributed by atoms with E-state index in [1.54, 1.807) is 6.92 Å². The van der Waals surface area contributed by atoms with E-state index in [1.165, 1.54) is 0 Å². The van der Waals surface area contributed by atoms with E-state index in [2.05, 4.69) is 42.9 Å². The van der Waals surface area contributed by atoms with Gasteiger partial charge >= 0.3 is 5.97 Å². The van der Waals surface area contributed by atoms with Gasteiger partial charge in [-0.15, -0.1) is 0 Å². The average molecular weight is 755 g/mol. The molecule has 8 nitrogen and oxygen atoms in total. The number of aryl methyl sites for hydroxylation is 1. The van der Waals surface area contributed by atoms with Gasteiger partial charge in [-0.25, -0.2) is 0 Å². The van der Waals surface area contributed by atoms with Crippen LogP contribution in [0.25, 0.3) is 10.9 Å². The van der Waals surface area contributed by atoms with E-state index < -0.39 is 23.8 Å². The number of aliphatic hydroxyl groups is 3. The lowest BCUT2D eigenvalue weighted by molar-refractivity contribution is -0.211. The molecule has 0 radical (unpaired) electrons. The van der Waals surface area contributed by atoms with Gasteiger partial charge in [0.05, 0.1) is 34.7 Å². The van der Waals surface area contributed by atoms with E-state index in [9.17, 15) is 30.0 Å². The number of nitrogens with zero attached hydrogens (tertiary/aromatic N) is 1. The number of aromatic nitrogens is 1. The number of carboxylic acid groups (broad SMARTS) is 1. The SMILES string of the molecule is CC(=O)c1c(C)nc2ccccc2c1NCc1ccc(C#C[C@@]2(O)CC[C@@]3(C)C(CC(O)C4C3C[C@H](O)[C@@]3(C)C4CC[C@@H]3[C@H](C)CCC(=O)O)C2)cc1Cl. The molecule has 7 rings (SSSR count). The van der Waals surface area contributed by atoms with Gasteiger partial charge in [0, 0.05) is 28.9 Å². The molecule has 4 aliphatic carbocycles. The first-order chi connectivity index (χ1) is 25.6. The molecule has 0 saturated heterocycles. The zero-order chi connectivity index (χ0) is 38.7. The molecule has 4 saturated carbocycles. The molecule has 2 aromatic carbocycles. The minimum absolute atomic E-state index is 0.0591. The molecule has 3 aromatic rings. The van der Waals surface area contributed by atoms with Gasteiger partial charge < -0.3 is 25.7 Å². The Hall–Kier alpha value is -3.48. The standard InChI is InChI=1S/C45H55ClN2O6/c1-25(10-15-39(52)53)32-13-14-33-41-34(22-38(51)44(32,33)5)43(4)18-19-45(54,23-30(43)21-37(41)50)17-16-28-11-12-29(35(46)20-28)24-47-42-31-8-6-7-9-36(31)48-26(2)40(42)27(3)49/h6-9,11-12,20,25,30,32-34,37-38,41,50-51,54H,10,13-15,18-19,21-24H2,1-5H3,(H,47,48)(H,52,53)/t25-,30?,32-,33?,34?,37?,38+,41?,43+,44-,45-/m1/s1. The highest BCUT2D eigenvalue weighted by Gasteiger charge is 2.66. The van der Waals surface area contributed by atoms with Crippen LogP contribution in [0.15, 0.2) is 42.5 Å².